The molecule has 0 bridgehead atoms. The second-order valence-corrected chi connectivity index (χ2v) is 15.2. The van der Waals surface area contributed by atoms with E-state index in [4.69, 9.17) is 0 Å². The molecule has 1 aromatic heterocycles. The van der Waals surface area contributed by atoms with Gasteiger partial charge in [-0.15, -0.1) is 11.3 Å². The quantitative estimate of drug-likeness (QED) is 0.161. The molecule has 1 heterocycles. The summed E-state index contributed by atoms with van der Waals surface area (Å²) in [5.41, 5.74) is 8.38. The molecular weight excluding hydrogens is 671 g/mol. The van der Waals surface area contributed by atoms with E-state index in [9.17, 15) is 0 Å². The lowest BCUT2D eigenvalue weighted by molar-refractivity contribution is 1.32. The Labute approximate surface area is 317 Å². The number of anilines is 3. The first-order chi connectivity index (χ1) is 26.7. The first kappa shape index (κ1) is 30.8. The summed E-state index contributed by atoms with van der Waals surface area (Å²) in [4.78, 5) is 2.48. The van der Waals surface area contributed by atoms with Crippen LogP contribution in [0.3, 0.4) is 0 Å². The third-order valence-electron chi connectivity index (χ3n) is 11.0. The Morgan fingerprint density at radius 2 is 0.815 bits per heavy atom. The lowest BCUT2D eigenvalue weighted by Gasteiger charge is -2.28. The van der Waals surface area contributed by atoms with Crippen LogP contribution in [0, 0.1) is 0 Å². The molecule has 0 spiro atoms. The van der Waals surface area contributed by atoms with Crippen LogP contribution in [-0.4, -0.2) is 0 Å². The Morgan fingerprint density at radius 3 is 1.56 bits per heavy atom. The number of hydrogen-bond donors (Lipinski definition) is 0. The third kappa shape index (κ3) is 5.07. The summed E-state index contributed by atoms with van der Waals surface area (Å²) < 4.78 is 2.59. The van der Waals surface area contributed by atoms with Crippen molar-refractivity contribution in [1.82, 2.24) is 0 Å². The van der Waals surface area contributed by atoms with Crippen LogP contribution < -0.4 is 4.90 Å². The summed E-state index contributed by atoms with van der Waals surface area (Å²) in [6.07, 6.45) is 0. The van der Waals surface area contributed by atoms with Crippen LogP contribution in [0.4, 0.5) is 17.1 Å². The van der Waals surface area contributed by atoms with Crippen molar-refractivity contribution in [2.45, 2.75) is 0 Å². The van der Waals surface area contributed by atoms with E-state index in [-0.39, 0.29) is 0 Å². The smallest absolute Gasteiger partial charge is 0.0640 e. The maximum absolute atomic E-state index is 2.48. The summed E-state index contributed by atoms with van der Waals surface area (Å²) >= 11 is 1.87. The van der Waals surface area contributed by atoms with E-state index in [0.29, 0.717) is 0 Å². The largest absolute Gasteiger partial charge is 0.308 e. The van der Waals surface area contributed by atoms with Gasteiger partial charge in [-0.3, -0.25) is 0 Å². The molecule has 1 nitrogen and oxygen atoms in total. The second kappa shape index (κ2) is 12.4. The molecule has 0 N–H and O–H groups in total. The van der Waals surface area contributed by atoms with Crippen molar-refractivity contribution >= 4 is 91.7 Å². The summed E-state index contributed by atoms with van der Waals surface area (Å²) in [6.45, 7) is 0. The highest BCUT2D eigenvalue weighted by Gasteiger charge is 2.21. The average molecular weight is 704 g/mol. The monoisotopic (exact) mass is 703 g/mol. The van der Waals surface area contributed by atoms with E-state index in [2.05, 4.69) is 205 Å². The molecule has 0 aliphatic rings. The molecule has 54 heavy (non-hydrogen) atoms. The first-order valence-corrected chi connectivity index (χ1v) is 19.3. The summed E-state index contributed by atoms with van der Waals surface area (Å²) in [6, 6.07) is 73.6. The average Bonchev–Trinajstić information content (AvgIpc) is 3.63. The molecule has 0 radical (unpaired) electrons. The van der Waals surface area contributed by atoms with E-state index in [0.717, 1.165) is 5.69 Å². The van der Waals surface area contributed by atoms with Crippen LogP contribution in [0.25, 0.3) is 85.5 Å². The fourth-order valence-corrected chi connectivity index (χ4v) is 9.52. The van der Waals surface area contributed by atoms with Gasteiger partial charge in [0.05, 0.1) is 16.1 Å². The molecule has 0 amide bonds. The number of fused-ring (bicyclic) bond motifs is 8. The number of nitrogens with zero attached hydrogens (tertiary/aromatic N) is 1. The zero-order chi connectivity index (χ0) is 35.6. The minimum Gasteiger partial charge on any atom is -0.308 e. The molecule has 2 heteroatoms. The van der Waals surface area contributed by atoms with E-state index in [1.807, 2.05) is 11.3 Å². The highest BCUT2D eigenvalue weighted by atomic mass is 32.1. The second-order valence-electron chi connectivity index (χ2n) is 14.1. The standard InChI is InChI=1S/C52H33NS/c1-2-11-36-30-38(21-20-34(36)10-1)41-25-24-39-31-37(22-23-40(39)32-41)35-26-28-43(29-27-35)53(49-18-9-17-48-47-16-7-8-19-51(47)54-52(48)49)50-33-42-12-3-4-13-44(42)45-14-5-6-15-46(45)50/h1-33H. The van der Waals surface area contributed by atoms with E-state index in [1.165, 1.54) is 96.9 Å². The molecule has 11 aromatic rings. The van der Waals surface area contributed by atoms with Gasteiger partial charge in [-0.05, 0) is 108 Å². The Hall–Kier alpha value is -6.74. The summed E-state index contributed by atoms with van der Waals surface area (Å²) in [5, 5.41) is 12.6. The fourth-order valence-electron chi connectivity index (χ4n) is 8.31. The third-order valence-corrected chi connectivity index (χ3v) is 12.2. The van der Waals surface area contributed by atoms with Crippen molar-refractivity contribution in [2.75, 3.05) is 4.90 Å². The van der Waals surface area contributed by atoms with Gasteiger partial charge in [0.25, 0.3) is 0 Å². The van der Waals surface area contributed by atoms with Crippen molar-refractivity contribution < 1.29 is 0 Å². The van der Waals surface area contributed by atoms with Crippen LogP contribution in [0.15, 0.2) is 200 Å². The van der Waals surface area contributed by atoms with Crippen LogP contribution in [0.1, 0.15) is 0 Å². The molecular formula is C52H33NS. The van der Waals surface area contributed by atoms with Gasteiger partial charge in [-0.2, -0.15) is 0 Å². The van der Waals surface area contributed by atoms with Gasteiger partial charge in [0, 0.05) is 26.5 Å². The van der Waals surface area contributed by atoms with E-state index in [1.54, 1.807) is 0 Å². The van der Waals surface area contributed by atoms with Gasteiger partial charge < -0.3 is 4.90 Å². The van der Waals surface area contributed by atoms with Crippen molar-refractivity contribution in [3.63, 3.8) is 0 Å². The topological polar surface area (TPSA) is 3.24 Å². The molecule has 0 unspecified atom stereocenters. The van der Waals surface area contributed by atoms with E-state index < -0.39 is 0 Å². The lowest BCUT2D eigenvalue weighted by atomic mass is 9.96. The summed E-state index contributed by atoms with van der Waals surface area (Å²) in [7, 11) is 0. The molecule has 0 aliphatic carbocycles. The zero-order valence-corrected chi connectivity index (χ0v) is 30.2. The van der Waals surface area contributed by atoms with E-state index >= 15 is 0 Å². The highest BCUT2D eigenvalue weighted by Crippen LogP contribution is 2.47. The Balaban J connectivity index is 1.03. The minimum atomic E-state index is 1.13. The van der Waals surface area contributed by atoms with Gasteiger partial charge in [0.2, 0.25) is 0 Å². The predicted octanol–water partition coefficient (Wildman–Crippen LogP) is 15.5. The minimum absolute atomic E-state index is 1.13. The lowest BCUT2D eigenvalue weighted by Crippen LogP contribution is -2.10. The zero-order valence-electron chi connectivity index (χ0n) is 29.4. The van der Waals surface area contributed by atoms with Crippen molar-refractivity contribution in [1.29, 1.82) is 0 Å². The summed E-state index contributed by atoms with van der Waals surface area (Å²) in [5.74, 6) is 0. The van der Waals surface area contributed by atoms with Gasteiger partial charge in [0.15, 0.2) is 0 Å². The van der Waals surface area contributed by atoms with Crippen molar-refractivity contribution in [2.24, 2.45) is 0 Å². The Kier molecular flexibility index (Phi) is 7.11. The number of thiophene rings is 1. The first-order valence-electron chi connectivity index (χ1n) is 18.5. The van der Waals surface area contributed by atoms with Crippen molar-refractivity contribution in [3.05, 3.63) is 200 Å². The van der Waals surface area contributed by atoms with Crippen LogP contribution in [0.2, 0.25) is 0 Å². The molecule has 0 fully saturated rings. The Bertz CT molecular complexity index is 3230. The van der Waals surface area contributed by atoms with Crippen LogP contribution >= 0.6 is 11.3 Å². The number of benzene rings is 10. The number of hydrogen-bond acceptors (Lipinski definition) is 2. The molecule has 0 saturated heterocycles. The molecule has 252 valence electrons. The van der Waals surface area contributed by atoms with Gasteiger partial charge in [-0.25, -0.2) is 0 Å². The highest BCUT2D eigenvalue weighted by molar-refractivity contribution is 7.26. The molecule has 0 saturated carbocycles. The predicted molar refractivity (Wildman–Crippen MR) is 235 cm³/mol. The van der Waals surface area contributed by atoms with Gasteiger partial charge in [-0.1, -0.05) is 152 Å². The number of rotatable bonds is 5. The van der Waals surface area contributed by atoms with Crippen LogP contribution in [-0.2, 0) is 0 Å². The van der Waals surface area contributed by atoms with Crippen LogP contribution in [0.5, 0.6) is 0 Å². The molecule has 10 aromatic carbocycles. The molecule has 0 aliphatic heterocycles. The molecule has 11 rings (SSSR count). The maximum Gasteiger partial charge on any atom is 0.0640 e. The van der Waals surface area contributed by atoms with Gasteiger partial charge in [0.1, 0.15) is 0 Å². The van der Waals surface area contributed by atoms with Crippen molar-refractivity contribution in [3.8, 4) is 22.3 Å². The molecule has 0 atom stereocenters. The SMILES string of the molecule is c1ccc2cc(-c3ccc4cc(-c5ccc(N(c6cc7ccccc7c7ccccc67)c6cccc7c6sc6ccccc67)cc5)ccc4c3)ccc2c1. The Morgan fingerprint density at radius 1 is 0.296 bits per heavy atom. The normalized spacial score (nSPS) is 11.7. The fraction of sp³-hybridized carbons (Fsp3) is 0. The maximum atomic E-state index is 2.48. The van der Waals surface area contributed by atoms with Gasteiger partial charge >= 0.3 is 0 Å².